The standard InChI is InChI=1S/C18H26N2O2/c21-17(14-6-2-1-3-7-14)12-16-9-5-11-20(16)18(22)15-8-4-10-19-13-15/h1-3,6-7,15-17,19,21H,4-5,8-13H2/t15-,16-,17-/m1/s1. The molecule has 0 aromatic heterocycles. The van der Waals surface area contributed by atoms with Crippen molar-refractivity contribution in [3.05, 3.63) is 35.9 Å². The molecular weight excluding hydrogens is 276 g/mol. The third-order valence-electron chi connectivity index (χ3n) is 4.99. The molecule has 2 fully saturated rings. The lowest BCUT2D eigenvalue weighted by atomic mass is 9.96. The first kappa shape index (κ1) is 15.5. The second-order valence-electron chi connectivity index (χ2n) is 6.53. The quantitative estimate of drug-likeness (QED) is 0.895. The number of nitrogens with one attached hydrogen (secondary N) is 1. The largest absolute Gasteiger partial charge is 0.388 e. The molecule has 1 aromatic rings. The van der Waals surface area contributed by atoms with Crippen molar-refractivity contribution in [2.45, 2.75) is 44.2 Å². The van der Waals surface area contributed by atoms with Gasteiger partial charge in [0.25, 0.3) is 0 Å². The van der Waals surface area contributed by atoms with E-state index >= 15 is 0 Å². The molecule has 1 amide bonds. The van der Waals surface area contributed by atoms with Gasteiger partial charge in [0.05, 0.1) is 12.0 Å². The zero-order valence-corrected chi connectivity index (χ0v) is 13.1. The highest BCUT2D eigenvalue weighted by Gasteiger charge is 2.34. The molecule has 2 heterocycles. The van der Waals surface area contributed by atoms with E-state index < -0.39 is 6.10 Å². The zero-order chi connectivity index (χ0) is 15.4. The number of hydrogen-bond acceptors (Lipinski definition) is 3. The van der Waals surface area contributed by atoms with Crippen LogP contribution in [0, 0.1) is 5.92 Å². The van der Waals surface area contributed by atoms with Crippen LogP contribution in [0.4, 0.5) is 0 Å². The molecule has 2 aliphatic rings. The SMILES string of the molecule is O=C([C@@H]1CCCNC1)N1CCC[C@@H]1C[C@@H](O)c1ccccc1. The molecule has 0 aliphatic carbocycles. The molecule has 0 spiro atoms. The first-order chi connectivity index (χ1) is 10.8. The molecule has 1 aromatic carbocycles. The topological polar surface area (TPSA) is 52.6 Å². The van der Waals surface area contributed by atoms with E-state index in [1.54, 1.807) is 0 Å². The van der Waals surface area contributed by atoms with Crippen molar-refractivity contribution in [2.24, 2.45) is 5.92 Å². The van der Waals surface area contributed by atoms with Gasteiger partial charge in [-0.15, -0.1) is 0 Å². The van der Waals surface area contributed by atoms with E-state index in [-0.39, 0.29) is 17.9 Å². The Balaban J connectivity index is 1.61. The van der Waals surface area contributed by atoms with Crippen molar-refractivity contribution in [3.8, 4) is 0 Å². The maximum atomic E-state index is 12.7. The van der Waals surface area contributed by atoms with Gasteiger partial charge < -0.3 is 15.3 Å². The second kappa shape index (κ2) is 7.25. The van der Waals surface area contributed by atoms with Crippen LogP contribution in [-0.2, 0) is 4.79 Å². The van der Waals surface area contributed by atoms with Crippen LogP contribution in [0.1, 0.15) is 43.8 Å². The number of rotatable bonds is 4. The van der Waals surface area contributed by atoms with E-state index in [1.807, 2.05) is 35.2 Å². The first-order valence-corrected chi connectivity index (χ1v) is 8.50. The number of aliphatic hydroxyl groups is 1. The molecule has 4 heteroatoms. The lowest BCUT2D eigenvalue weighted by molar-refractivity contribution is -0.137. The van der Waals surface area contributed by atoms with Gasteiger partial charge in [-0.25, -0.2) is 0 Å². The van der Waals surface area contributed by atoms with Crippen LogP contribution in [0.2, 0.25) is 0 Å². The Morgan fingerprint density at radius 2 is 2.09 bits per heavy atom. The van der Waals surface area contributed by atoms with Crippen LogP contribution in [0.3, 0.4) is 0 Å². The highest BCUT2D eigenvalue weighted by molar-refractivity contribution is 5.79. The monoisotopic (exact) mass is 302 g/mol. The Morgan fingerprint density at radius 1 is 1.27 bits per heavy atom. The number of hydrogen-bond donors (Lipinski definition) is 2. The molecule has 22 heavy (non-hydrogen) atoms. The van der Waals surface area contributed by atoms with Crippen molar-refractivity contribution < 1.29 is 9.90 Å². The lowest BCUT2D eigenvalue weighted by Crippen LogP contribution is -2.45. The molecule has 0 radical (unpaired) electrons. The number of likely N-dealkylation sites (tertiary alicyclic amines) is 1. The summed E-state index contributed by atoms with van der Waals surface area (Å²) in [5.41, 5.74) is 0.945. The Bertz CT molecular complexity index is 485. The number of aliphatic hydroxyl groups excluding tert-OH is 1. The number of benzene rings is 1. The molecule has 3 rings (SSSR count). The minimum absolute atomic E-state index is 0.128. The summed E-state index contributed by atoms with van der Waals surface area (Å²) in [6.07, 6.45) is 4.31. The summed E-state index contributed by atoms with van der Waals surface area (Å²) >= 11 is 0. The summed E-state index contributed by atoms with van der Waals surface area (Å²) in [6, 6.07) is 9.95. The van der Waals surface area contributed by atoms with Gasteiger partial charge >= 0.3 is 0 Å². The van der Waals surface area contributed by atoms with Gasteiger partial charge in [0.2, 0.25) is 5.91 Å². The van der Waals surface area contributed by atoms with Crippen molar-refractivity contribution in [1.82, 2.24) is 10.2 Å². The average molecular weight is 302 g/mol. The normalized spacial score (nSPS) is 26.9. The van der Waals surface area contributed by atoms with Crippen LogP contribution in [0.15, 0.2) is 30.3 Å². The summed E-state index contributed by atoms with van der Waals surface area (Å²) in [5, 5.41) is 13.8. The molecule has 0 unspecified atom stereocenters. The number of amides is 1. The number of nitrogens with zero attached hydrogens (tertiary/aromatic N) is 1. The fourth-order valence-electron chi connectivity index (χ4n) is 3.74. The van der Waals surface area contributed by atoms with Gasteiger partial charge in [0, 0.05) is 19.1 Å². The second-order valence-corrected chi connectivity index (χ2v) is 6.53. The van der Waals surface area contributed by atoms with E-state index in [0.717, 1.165) is 50.9 Å². The lowest BCUT2D eigenvalue weighted by Gasteiger charge is -2.32. The van der Waals surface area contributed by atoms with Crippen LogP contribution in [0.5, 0.6) is 0 Å². The Labute approximate surface area is 132 Å². The van der Waals surface area contributed by atoms with Crippen LogP contribution in [-0.4, -0.2) is 41.6 Å². The first-order valence-electron chi connectivity index (χ1n) is 8.50. The van der Waals surface area contributed by atoms with Crippen molar-refractivity contribution in [3.63, 3.8) is 0 Å². The van der Waals surface area contributed by atoms with Crippen LogP contribution in [0.25, 0.3) is 0 Å². The molecule has 3 atom stereocenters. The minimum atomic E-state index is -0.482. The molecule has 2 aliphatic heterocycles. The van der Waals surface area contributed by atoms with E-state index in [1.165, 1.54) is 0 Å². The third-order valence-corrected chi connectivity index (χ3v) is 4.99. The predicted octanol–water partition coefficient (Wildman–Crippen LogP) is 2.10. The summed E-state index contributed by atoms with van der Waals surface area (Å²) in [6.45, 7) is 2.69. The summed E-state index contributed by atoms with van der Waals surface area (Å²) in [7, 11) is 0. The summed E-state index contributed by atoms with van der Waals surface area (Å²) < 4.78 is 0. The smallest absolute Gasteiger partial charge is 0.227 e. The highest BCUT2D eigenvalue weighted by atomic mass is 16.3. The minimum Gasteiger partial charge on any atom is -0.388 e. The van der Waals surface area contributed by atoms with E-state index in [9.17, 15) is 9.90 Å². The van der Waals surface area contributed by atoms with E-state index in [0.29, 0.717) is 6.42 Å². The summed E-state index contributed by atoms with van der Waals surface area (Å²) in [5.74, 6) is 0.415. The Kier molecular flexibility index (Phi) is 5.11. The highest BCUT2D eigenvalue weighted by Crippen LogP contribution is 2.29. The van der Waals surface area contributed by atoms with E-state index in [4.69, 9.17) is 0 Å². The molecule has 0 bridgehead atoms. The molecule has 0 saturated carbocycles. The summed E-state index contributed by atoms with van der Waals surface area (Å²) in [4.78, 5) is 14.8. The molecule has 4 nitrogen and oxygen atoms in total. The van der Waals surface area contributed by atoms with Crippen molar-refractivity contribution in [1.29, 1.82) is 0 Å². The average Bonchev–Trinajstić information content (AvgIpc) is 3.04. The molecule has 2 N–H and O–H groups in total. The Hall–Kier alpha value is -1.39. The van der Waals surface area contributed by atoms with Gasteiger partial charge in [-0.1, -0.05) is 30.3 Å². The Morgan fingerprint density at radius 3 is 2.82 bits per heavy atom. The number of carbonyl (C=O) groups excluding carboxylic acids is 1. The van der Waals surface area contributed by atoms with Gasteiger partial charge in [-0.2, -0.15) is 0 Å². The van der Waals surface area contributed by atoms with Crippen molar-refractivity contribution in [2.75, 3.05) is 19.6 Å². The van der Waals surface area contributed by atoms with Gasteiger partial charge in [-0.3, -0.25) is 4.79 Å². The maximum Gasteiger partial charge on any atom is 0.227 e. The fraction of sp³-hybridized carbons (Fsp3) is 0.611. The molecule has 120 valence electrons. The van der Waals surface area contributed by atoms with Gasteiger partial charge in [-0.05, 0) is 44.2 Å². The molecule has 2 saturated heterocycles. The van der Waals surface area contributed by atoms with Crippen LogP contribution >= 0.6 is 0 Å². The van der Waals surface area contributed by atoms with Gasteiger partial charge in [0.1, 0.15) is 0 Å². The zero-order valence-electron chi connectivity index (χ0n) is 13.1. The van der Waals surface area contributed by atoms with Crippen LogP contribution < -0.4 is 5.32 Å². The van der Waals surface area contributed by atoms with Gasteiger partial charge in [0.15, 0.2) is 0 Å². The number of carbonyl (C=O) groups is 1. The van der Waals surface area contributed by atoms with Crippen molar-refractivity contribution >= 4 is 5.91 Å². The van der Waals surface area contributed by atoms with E-state index in [2.05, 4.69) is 5.32 Å². The fourth-order valence-corrected chi connectivity index (χ4v) is 3.74. The maximum absolute atomic E-state index is 12.7. The number of piperidine rings is 1. The third kappa shape index (κ3) is 3.50. The molecular formula is C18H26N2O2. The predicted molar refractivity (Wildman–Crippen MR) is 86.3 cm³/mol.